The molecule has 31 heavy (non-hydrogen) atoms. The summed E-state index contributed by atoms with van der Waals surface area (Å²) in [5.41, 5.74) is 2.15. The highest BCUT2D eigenvalue weighted by atomic mass is 35.5. The van der Waals surface area contributed by atoms with Gasteiger partial charge in [0.15, 0.2) is 0 Å². The Morgan fingerprint density at radius 1 is 0.581 bits per heavy atom. The van der Waals surface area contributed by atoms with Crippen LogP contribution in [0.15, 0.2) is 89.6 Å². The molecule has 0 saturated carbocycles. The summed E-state index contributed by atoms with van der Waals surface area (Å²) in [4.78, 5) is 2.52. The first-order valence-electron chi connectivity index (χ1n) is 8.95. The zero-order valence-corrected chi connectivity index (χ0v) is 22.9. The molecule has 0 spiro atoms. The average molecular weight is 569 g/mol. The summed E-state index contributed by atoms with van der Waals surface area (Å²) in [6.45, 7) is 0. The molecule has 9 heteroatoms. The lowest BCUT2D eigenvalue weighted by Gasteiger charge is -2.02. The van der Waals surface area contributed by atoms with Crippen LogP contribution in [0.1, 0.15) is 11.1 Å². The second-order valence-electron chi connectivity index (χ2n) is 6.09. The van der Waals surface area contributed by atoms with Crippen LogP contribution in [0, 0.1) is 0 Å². The Bertz CT molecular complexity index is 1130. The molecule has 0 saturated heterocycles. The van der Waals surface area contributed by atoms with Gasteiger partial charge in [0.1, 0.15) is 0 Å². The Labute approximate surface area is 221 Å². The molecular formula is C22H13ClS8. The van der Waals surface area contributed by atoms with Crippen LogP contribution in [-0.2, 0) is 0 Å². The summed E-state index contributed by atoms with van der Waals surface area (Å²) in [5, 5.41) is 13.8. The van der Waals surface area contributed by atoms with Crippen molar-refractivity contribution < 1.29 is 0 Å². The number of hydrogen-bond acceptors (Lipinski definition) is 8. The summed E-state index contributed by atoms with van der Waals surface area (Å²) in [7, 11) is 0. The van der Waals surface area contributed by atoms with Crippen molar-refractivity contribution >= 4 is 118 Å². The Morgan fingerprint density at radius 2 is 1.13 bits per heavy atom. The molecule has 0 fully saturated rings. The van der Waals surface area contributed by atoms with Crippen molar-refractivity contribution in [3.05, 3.63) is 106 Å². The maximum Gasteiger partial charge on any atom is 0.0700 e. The van der Waals surface area contributed by atoms with Crippen molar-refractivity contribution in [3.8, 4) is 0 Å². The van der Waals surface area contributed by atoms with E-state index in [1.54, 1.807) is 58.8 Å². The largest absolute Gasteiger partial charge is 0.0884 e. The molecule has 0 aliphatic carbocycles. The maximum atomic E-state index is 6.57. The van der Waals surface area contributed by atoms with Crippen molar-refractivity contribution in [2.24, 2.45) is 0 Å². The molecule has 1 aromatic carbocycles. The molecule has 156 valence electrons. The minimum Gasteiger partial charge on any atom is -0.0884 e. The zero-order chi connectivity index (χ0) is 21.0. The minimum atomic E-state index is 0.773. The van der Waals surface area contributed by atoms with Gasteiger partial charge < -0.3 is 0 Å². The van der Waals surface area contributed by atoms with Gasteiger partial charge >= 0.3 is 0 Å². The lowest BCUT2D eigenvalue weighted by molar-refractivity contribution is 1.61. The fourth-order valence-corrected chi connectivity index (χ4v) is 11.5. The van der Waals surface area contributed by atoms with Crippen LogP contribution >= 0.6 is 106 Å². The third-order valence-electron chi connectivity index (χ3n) is 4.02. The summed E-state index contributed by atoms with van der Waals surface area (Å²) in [6, 6.07) is 6.25. The molecule has 0 radical (unpaired) electrons. The predicted molar refractivity (Wildman–Crippen MR) is 159 cm³/mol. The first-order valence-corrected chi connectivity index (χ1v) is 16.2. The molecule has 1 aromatic rings. The predicted octanol–water partition coefficient (Wildman–Crippen LogP) is 11.2. The van der Waals surface area contributed by atoms with Crippen LogP contribution in [0.2, 0.25) is 5.02 Å². The quantitative estimate of drug-likeness (QED) is 0.347. The first-order chi connectivity index (χ1) is 15.2. The van der Waals surface area contributed by atoms with Gasteiger partial charge in [-0.2, -0.15) is 0 Å². The molecule has 0 aromatic heterocycles. The van der Waals surface area contributed by atoms with Crippen molar-refractivity contribution in [2.75, 3.05) is 0 Å². The fraction of sp³-hybridized carbons (Fsp3) is 0. The molecular weight excluding hydrogens is 556 g/mol. The smallest absolute Gasteiger partial charge is 0.0700 e. The van der Waals surface area contributed by atoms with E-state index in [9.17, 15) is 0 Å². The van der Waals surface area contributed by atoms with Gasteiger partial charge in [0.2, 0.25) is 0 Å². The molecule has 5 rings (SSSR count). The molecule has 0 amide bonds. The van der Waals surface area contributed by atoms with E-state index in [0.29, 0.717) is 0 Å². The van der Waals surface area contributed by atoms with E-state index in [0.717, 1.165) is 16.1 Å². The van der Waals surface area contributed by atoms with Crippen molar-refractivity contribution in [2.45, 2.75) is 0 Å². The third kappa shape index (κ3) is 6.03. The van der Waals surface area contributed by atoms with Crippen LogP contribution in [0.5, 0.6) is 0 Å². The molecule has 0 bridgehead atoms. The summed E-state index contributed by atoms with van der Waals surface area (Å²) < 4.78 is 5.49. The van der Waals surface area contributed by atoms with Crippen LogP contribution in [0.4, 0.5) is 0 Å². The van der Waals surface area contributed by atoms with Crippen molar-refractivity contribution in [1.82, 2.24) is 0 Å². The van der Waals surface area contributed by atoms with E-state index < -0.39 is 0 Å². The molecule has 4 heterocycles. The number of thioether (sulfide) groups is 8. The van der Waals surface area contributed by atoms with E-state index in [1.165, 1.54) is 26.8 Å². The standard InChI is InChI=1S/C22H13ClS8/c23-18-11-14(2-5-16-12-28-21(30-16)19-24-7-8-25-19)1-3-15(18)4-6-17-13-29-22(31-17)20-26-9-10-27-20/h1-13H/b5-2+,6-4+. The van der Waals surface area contributed by atoms with Crippen LogP contribution < -0.4 is 0 Å². The fourth-order valence-electron chi connectivity index (χ4n) is 2.60. The average Bonchev–Trinajstić information content (AvgIpc) is 3.57. The second-order valence-corrected chi connectivity index (χ2v) is 15.1. The van der Waals surface area contributed by atoms with Gasteiger partial charge in [0.25, 0.3) is 0 Å². The van der Waals surface area contributed by atoms with Crippen molar-refractivity contribution in [1.29, 1.82) is 0 Å². The van der Waals surface area contributed by atoms with Gasteiger partial charge in [-0.3, -0.25) is 0 Å². The summed E-state index contributed by atoms with van der Waals surface area (Å²) >= 11 is 21.1. The topological polar surface area (TPSA) is 0 Å². The van der Waals surface area contributed by atoms with Gasteiger partial charge in [-0.1, -0.05) is 130 Å². The normalized spacial score (nSPS) is 20.9. The SMILES string of the molecule is Clc1cc(/C=C/C2=CSC(=C3SC=CS3)S2)ccc1/C=C/C1=CSC(=C2SC=CS2)S1. The lowest BCUT2D eigenvalue weighted by atomic mass is 10.1. The Morgan fingerprint density at radius 3 is 1.68 bits per heavy atom. The van der Waals surface area contributed by atoms with E-state index in [2.05, 4.69) is 68.9 Å². The maximum absolute atomic E-state index is 6.57. The minimum absolute atomic E-state index is 0.773. The molecule has 0 N–H and O–H groups in total. The van der Waals surface area contributed by atoms with E-state index in [1.807, 2.05) is 41.4 Å². The van der Waals surface area contributed by atoms with E-state index in [-0.39, 0.29) is 0 Å². The number of hydrogen-bond donors (Lipinski definition) is 0. The lowest BCUT2D eigenvalue weighted by Crippen LogP contribution is -1.79. The Kier molecular flexibility index (Phi) is 8.24. The molecule has 0 nitrogen and oxygen atoms in total. The highest BCUT2D eigenvalue weighted by Crippen LogP contribution is 2.54. The number of benzene rings is 1. The van der Waals surface area contributed by atoms with Crippen LogP contribution in [0.25, 0.3) is 12.2 Å². The van der Waals surface area contributed by atoms with Crippen LogP contribution in [0.3, 0.4) is 0 Å². The van der Waals surface area contributed by atoms with Gasteiger partial charge in [0.05, 0.1) is 16.9 Å². The molecule has 4 aliphatic heterocycles. The summed E-state index contributed by atoms with van der Waals surface area (Å²) in [5.74, 6) is 0. The Hall–Kier alpha value is 0.230. The number of allylic oxidation sites excluding steroid dienone is 2. The zero-order valence-electron chi connectivity index (χ0n) is 15.6. The third-order valence-corrected chi connectivity index (χ3v) is 14.4. The Balaban J connectivity index is 1.20. The number of rotatable bonds is 4. The molecule has 0 unspecified atom stereocenters. The van der Waals surface area contributed by atoms with Crippen molar-refractivity contribution in [3.63, 3.8) is 0 Å². The first kappa shape index (κ1) is 23.0. The summed E-state index contributed by atoms with van der Waals surface area (Å²) in [6.07, 6.45) is 8.56. The van der Waals surface area contributed by atoms with Gasteiger partial charge in [0, 0.05) is 14.8 Å². The molecule has 0 atom stereocenters. The van der Waals surface area contributed by atoms with E-state index in [4.69, 9.17) is 11.6 Å². The number of halogens is 1. The highest BCUT2D eigenvalue weighted by Gasteiger charge is 2.18. The monoisotopic (exact) mass is 568 g/mol. The second kappa shape index (κ2) is 11.1. The van der Waals surface area contributed by atoms with Gasteiger partial charge in [-0.25, -0.2) is 0 Å². The molecule has 4 aliphatic rings. The van der Waals surface area contributed by atoms with Gasteiger partial charge in [-0.05, 0) is 61.8 Å². The highest BCUT2D eigenvalue weighted by molar-refractivity contribution is 8.34. The van der Waals surface area contributed by atoms with Crippen LogP contribution in [-0.4, -0.2) is 0 Å². The van der Waals surface area contributed by atoms with Gasteiger partial charge in [-0.15, -0.1) is 0 Å². The van der Waals surface area contributed by atoms with E-state index >= 15 is 0 Å².